The molecule has 0 rings (SSSR count). The van der Waals surface area contributed by atoms with Crippen LogP contribution in [0.15, 0.2) is 0 Å². The van der Waals surface area contributed by atoms with Crippen molar-refractivity contribution >= 4 is 30.4 Å². The van der Waals surface area contributed by atoms with E-state index in [4.69, 9.17) is 29.0 Å². The molecule has 0 atom stereocenters. The third kappa shape index (κ3) is 18.2. The van der Waals surface area contributed by atoms with E-state index in [0.29, 0.717) is 6.42 Å². The summed E-state index contributed by atoms with van der Waals surface area (Å²) < 4.78 is 413. The zero-order chi connectivity index (χ0) is 55.1. The molecule has 0 aliphatic heterocycles. The first-order valence-electron chi connectivity index (χ1n) is 15.4. The maximum atomic E-state index is 12.7. The molecule has 6 N–H and O–H groups in total. The predicted octanol–water partition coefficient (Wildman–Crippen LogP) is 7.56. The van der Waals surface area contributed by atoms with Crippen LogP contribution >= 0.6 is 0 Å². The van der Waals surface area contributed by atoms with Crippen LogP contribution in [0.3, 0.4) is 0 Å². The van der Waals surface area contributed by atoms with Crippen LogP contribution in [0.2, 0.25) is 0 Å². The fourth-order valence-corrected chi connectivity index (χ4v) is 4.49. The van der Waals surface area contributed by atoms with Crippen molar-refractivity contribution in [2.75, 3.05) is 37.1 Å². The number of alkyl halides is 27. The van der Waals surface area contributed by atoms with Crippen LogP contribution in [-0.2, 0) is 30.4 Å². The van der Waals surface area contributed by atoms with E-state index in [1.54, 1.807) is 0 Å². The van der Waals surface area contributed by atoms with Gasteiger partial charge in [0.05, 0.1) is 37.1 Å². The zero-order valence-electron chi connectivity index (χ0n) is 31.1. The van der Waals surface area contributed by atoms with E-state index in [2.05, 4.69) is 0 Å². The third-order valence-corrected chi connectivity index (χ3v) is 9.57. The van der Waals surface area contributed by atoms with Gasteiger partial charge in [0.15, 0.2) is 0 Å². The van der Waals surface area contributed by atoms with Crippen molar-refractivity contribution in [1.82, 2.24) is 0 Å². The molecule has 0 aromatic rings. The highest BCUT2D eigenvalue weighted by Crippen LogP contribution is 2.56. The lowest BCUT2D eigenvalue weighted by Crippen LogP contribution is -2.61. The Balaban J connectivity index is -0.000000400. The molecular formula is C24H29F27O12S3. The summed E-state index contributed by atoms with van der Waals surface area (Å²) in [5.74, 6) is -66.1. The molecule has 0 spiro atoms. The Morgan fingerprint density at radius 3 is 0.545 bits per heavy atom. The Morgan fingerprint density at radius 2 is 0.470 bits per heavy atom. The molecule has 0 saturated heterocycles. The van der Waals surface area contributed by atoms with Gasteiger partial charge in [0.2, 0.25) is 0 Å². The summed E-state index contributed by atoms with van der Waals surface area (Å²) in [5.41, 5.74) is -0.667. The molecule has 404 valence electrons. The van der Waals surface area contributed by atoms with Crippen molar-refractivity contribution in [3.05, 3.63) is 0 Å². The van der Waals surface area contributed by atoms with Crippen molar-refractivity contribution in [1.29, 1.82) is 0 Å². The molecule has 0 heterocycles. The fraction of sp³-hybridized carbons (Fsp3) is 1.00. The van der Waals surface area contributed by atoms with Crippen molar-refractivity contribution in [2.24, 2.45) is 5.41 Å². The van der Waals surface area contributed by atoms with Crippen LogP contribution in [-0.4, -0.2) is 163 Å². The maximum Gasteiger partial charge on any atom is 0.460 e. The topological polar surface area (TPSA) is 224 Å². The molecule has 0 radical (unpaired) electrons. The van der Waals surface area contributed by atoms with Crippen LogP contribution in [0, 0.1) is 5.41 Å². The van der Waals surface area contributed by atoms with Gasteiger partial charge >= 0.3 is 71.8 Å². The Hall–Kier alpha value is -2.28. The Labute approximate surface area is 350 Å². The smallest absolute Gasteiger partial charge is 0.396 e. The Morgan fingerprint density at radius 1 is 0.318 bits per heavy atom. The lowest BCUT2D eigenvalue weighted by atomic mass is 9.88. The van der Waals surface area contributed by atoms with E-state index >= 15 is 0 Å². The largest absolute Gasteiger partial charge is 0.460 e. The molecule has 42 heteroatoms. The predicted molar refractivity (Wildman–Crippen MR) is 160 cm³/mol. The highest BCUT2D eigenvalue weighted by atomic mass is 32.2. The van der Waals surface area contributed by atoms with Gasteiger partial charge in [0.1, 0.15) is 0 Å². The SMILES string of the molecule is CCC(CO)(CO)CO.O=S(=O)(O)CCC(F)(F)C(F)(F)C(F)(F)C(F)(F)F.O=S(=O)(O)CCC(F)(F)C(F)(F)C(F)(F)C(F)(F)F.O=S(=O)(O)CCC(F)(F)C(F)(F)C(F)(F)C(F)(F)F. The molecule has 0 unspecified atom stereocenters. The van der Waals surface area contributed by atoms with Gasteiger partial charge < -0.3 is 15.3 Å². The second-order valence-corrected chi connectivity index (χ2v) is 17.2. The van der Waals surface area contributed by atoms with E-state index in [-0.39, 0.29) is 19.8 Å². The lowest BCUT2D eigenvalue weighted by Gasteiger charge is -2.33. The molecule has 0 fully saturated rings. The summed E-state index contributed by atoms with van der Waals surface area (Å²) in [6, 6.07) is 0. The molecule has 0 bridgehead atoms. The second kappa shape index (κ2) is 22.2. The standard InChI is InChI=1S/3C6H5F9O3S.C6H14O3/c3*7-3(8,1-2-19(16,17)18)4(9,10)5(11,12)6(13,14)15;1-2-6(3-7,4-8)5-9/h3*1-2H2,(H,16,17,18);7-9H,2-5H2,1H3. The number of hydrogen-bond acceptors (Lipinski definition) is 9. The minimum atomic E-state index is -7.07. The molecule has 0 aromatic heterocycles. The van der Waals surface area contributed by atoms with Gasteiger partial charge in [0, 0.05) is 24.7 Å². The first-order valence-corrected chi connectivity index (χ1v) is 20.2. The van der Waals surface area contributed by atoms with Gasteiger partial charge in [-0.2, -0.15) is 144 Å². The highest BCUT2D eigenvalue weighted by Gasteiger charge is 2.83. The second-order valence-electron chi connectivity index (χ2n) is 12.5. The summed E-state index contributed by atoms with van der Waals surface area (Å²) in [7, 11) is -15.7. The fourth-order valence-electron chi connectivity index (χ4n) is 2.95. The molecular weight excluding hydrogens is 1090 g/mol. The average Bonchev–Trinajstić information content (AvgIpc) is 3.08. The Kier molecular flexibility index (Phi) is 23.7. The summed E-state index contributed by atoms with van der Waals surface area (Å²) in [6.07, 6.45) is -28.1. The minimum Gasteiger partial charge on any atom is -0.396 e. The maximum absolute atomic E-state index is 12.7. The van der Waals surface area contributed by atoms with Gasteiger partial charge in [-0.15, -0.1) is 0 Å². The van der Waals surface area contributed by atoms with E-state index in [1.165, 1.54) is 0 Å². The minimum absolute atomic E-state index is 0.156. The van der Waals surface area contributed by atoms with Crippen LogP contribution in [0.1, 0.15) is 32.6 Å². The van der Waals surface area contributed by atoms with Crippen molar-refractivity contribution < 1.29 is 173 Å². The van der Waals surface area contributed by atoms with Gasteiger partial charge in [0.25, 0.3) is 30.4 Å². The quantitative estimate of drug-likeness (QED) is 0.0545. The Bertz CT molecular complexity index is 1630. The van der Waals surface area contributed by atoms with E-state index < -0.39 is 144 Å². The molecule has 0 aliphatic carbocycles. The molecule has 0 saturated carbocycles. The van der Waals surface area contributed by atoms with Crippen molar-refractivity contribution in [3.8, 4) is 0 Å². The molecule has 0 amide bonds. The summed E-state index contributed by atoms with van der Waals surface area (Å²) >= 11 is 0. The zero-order valence-corrected chi connectivity index (χ0v) is 33.6. The van der Waals surface area contributed by atoms with Crippen molar-refractivity contribution in [3.63, 3.8) is 0 Å². The first kappa shape index (κ1) is 70.3. The van der Waals surface area contributed by atoms with Crippen molar-refractivity contribution in [2.45, 2.75) is 104 Å². The normalized spacial score (nSPS) is 15.2. The van der Waals surface area contributed by atoms with Crippen LogP contribution in [0.25, 0.3) is 0 Å². The number of halogens is 27. The summed E-state index contributed by atoms with van der Waals surface area (Å²) in [5, 5.41) is 26.0. The van der Waals surface area contributed by atoms with E-state index in [9.17, 15) is 144 Å². The molecule has 12 nitrogen and oxygen atoms in total. The number of aliphatic hydroxyl groups excluding tert-OH is 3. The van der Waals surface area contributed by atoms with Gasteiger partial charge in [-0.25, -0.2) is 0 Å². The average molecular weight is 1120 g/mol. The van der Waals surface area contributed by atoms with Crippen LogP contribution < -0.4 is 0 Å². The highest BCUT2D eigenvalue weighted by molar-refractivity contribution is 7.86. The first-order chi connectivity index (χ1) is 28.1. The third-order valence-electron chi connectivity index (χ3n) is 7.41. The summed E-state index contributed by atoms with van der Waals surface area (Å²) in [6.45, 7) is 1.35. The lowest BCUT2D eigenvalue weighted by molar-refractivity contribution is -0.396. The van der Waals surface area contributed by atoms with Gasteiger partial charge in [-0.1, -0.05) is 6.92 Å². The van der Waals surface area contributed by atoms with E-state index in [0.717, 1.165) is 0 Å². The van der Waals surface area contributed by atoms with E-state index in [1.807, 2.05) is 6.92 Å². The molecule has 0 aromatic carbocycles. The number of hydrogen-bond donors (Lipinski definition) is 6. The monoisotopic (exact) mass is 1120 g/mol. The van der Waals surface area contributed by atoms with Crippen LogP contribution in [0.5, 0.6) is 0 Å². The van der Waals surface area contributed by atoms with Gasteiger partial charge in [-0.05, 0) is 6.42 Å². The summed E-state index contributed by atoms with van der Waals surface area (Å²) in [4.78, 5) is 0. The number of aliphatic hydroxyl groups is 3. The molecule has 0 aliphatic rings. The molecule has 66 heavy (non-hydrogen) atoms. The number of rotatable bonds is 19. The van der Waals surface area contributed by atoms with Gasteiger partial charge in [-0.3, -0.25) is 13.7 Å². The van der Waals surface area contributed by atoms with Crippen LogP contribution in [0.4, 0.5) is 119 Å².